The molecule has 1 aliphatic heterocycles. The lowest BCUT2D eigenvalue weighted by Crippen LogP contribution is -2.36. The Hall–Kier alpha value is -1.69. The highest BCUT2D eigenvalue weighted by Gasteiger charge is 2.36. The molecule has 2 heterocycles. The fraction of sp³-hybridized carbons (Fsp3) is 0.667. The summed E-state index contributed by atoms with van der Waals surface area (Å²) in [7, 11) is 5.94. The molecule has 2 atom stereocenters. The summed E-state index contributed by atoms with van der Waals surface area (Å²) in [5.41, 5.74) is 0.559. The van der Waals surface area contributed by atoms with Crippen molar-refractivity contribution in [2.45, 2.75) is 25.8 Å². The average Bonchev–Trinajstić information content (AvgIpc) is 2.91. The maximum atomic E-state index is 12.6. The Labute approximate surface area is 126 Å². The van der Waals surface area contributed by atoms with Crippen LogP contribution >= 0.6 is 0 Å². The molecule has 0 spiro atoms. The number of carbonyl (C=O) groups excluding carboxylic acids is 1. The molecule has 0 radical (unpaired) electrons. The molecule has 116 valence electrons. The van der Waals surface area contributed by atoms with Crippen molar-refractivity contribution in [1.29, 1.82) is 0 Å². The van der Waals surface area contributed by atoms with Gasteiger partial charge in [0, 0.05) is 38.6 Å². The quantitative estimate of drug-likeness (QED) is 0.886. The van der Waals surface area contributed by atoms with E-state index in [2.05, 4.69) is 41.2 Å². The molecule has 1 saturated heterocycles. The van der Waals surface area contributed by atoms with Crippen LogP contribution in [-0.4, -0.2) is 65.9 Å². The van der Waals surface area contributed by atoms with Gasteiger partial charge in [0.2, 0.25) is 5.95 Å². The molecule has 21 heavy (non-hydrogen) atoms. The summed E-state index contributed by atoms with van der Waals surface area (Å²) in [5.74, 6) is 1.11. The van der Waals surface area contributed by atoms with E-state index in [0.717, 1.165) is 25.9 Å². The van der Waals surface area contributed by atoms with Crippen LogP contribution in [0, 0.1) is 5.92 Å². The molecule has 1 aromatic heterocycles. The maximum Gasteiger partial charge on any atom is 0.257 e. The normalized spacial score (nSPS) is 21.9. The van der Waals surface area contributed by atoms with Gasteiger partial charge in [0.1, 0.15) is 0 Å². The second-order valence-corrected chi connectivity index (χ2v) is 5.84. The minimum absolute atomic E-state index is 0.0307. The van der Waals surface area contributed by atoms with E-state index in [1.807, 2.05) is 4.90 Å². The zero-order valence-corrected chi connectivity index (χ0v) is 13.3. The number of aromatic nitrogens is 2. The van der Waals surface area contributed by atoms with E-state index in [1.165, 1.54) is 0 Å². The number of hydrogen-bond donors (Lipinski definition) is 1. The summed E-state index contributed by atoms with van der Waals surface area (Å²) in [6.45, 7) is 3.80. The highest BCUT2D eigenvalue weighted by atomic mass is 16.2. The van der Waals surface area contributed by atoms with Crippen LogP contribution < -0.4 is 5.32 Å². The zero-order chi connectivity index (χ0) is 15.4. The number of likely N-dealkylation sites (N-methyl/N-ethyl adjacent to an activating group) is 1. The smallest absolute Gasteiger partial charge is 0.257 e. The van der Waals surface area contributed by atoms with E-state index in [1.54, 1.807) is 19.4 Å². The van der Waals surface area contributed by atoms with Crippen LogP contribution in [0.2, 0.25) is 0 Å². The van der Waals surface area contributed by atoms with Crippen LogP contribution in [-0.2, 0) is 0 Å². The van der Waals surface area contributed by atoms with E-state index in [-0.39, 0.29) is 5.91 Å². The number of rotatable bonds is 5. The summed E-state index contributed by atoms with van der Waals surface area (Å²) in [5, 5.41) is 2.85. The minimum Gasteiger partial charge on any atom is -0.357 e. The van der Waals surface area contributed by atoms with Crippen molar-refractivity contribution in [3.8, 4) is 0 Å². The molecule has 6 nitrogen and oxygen atoms in total. The second kappa shape index (κ2) is 6.85. The third kappa shape index (κ3) is 3.50. The van der Waals surface area contributed by atoms with Gasteiger partial charge < -0.3 is 15.1 Å². The van der Waals surface area contributed by atoms with Crippen molar-refractivity contribution in [1.82, 2.24) is 19.8 Å². The molecule has 0 aliphatic carbocycles. The summed E-state index contributed by atoms with van der Waals surface area (Å²) >= 11 is 0. The summed E-state index contributed by atoms with van der Waals surface area (Å²) in [6.07, 6.45) is 5.50. The lowest BCUT2D eigenvalue weighted by molar-refractivity contribution is 0.0780. The fourth-order valence-electron chi connectivity index (χ4n) is 3.01. The Morgan fingerprint density at radius 2 is 2.05 bits per heavy atom. The first-order valence-electron chi connectivity index (χ1n) is 7.52. The standard InChI is InChI=1S/C15H25N5O/c1-5-6-11-9-20(10-13(11)19(3)4)14(21)12-7-17-15(16-2)18-8-12/h7-8,11,13H,5-6,9-10H2,1-4H3,(H,16,17,18)/t11-,13-/m0/s1. The molecule has 1 amide bonds. The lowest BCUT2D eigenvalue weighted by Gasteiger charge is -2.24. The number of amides is 1. The van der Waals surface area contributed by atoms with Gasteiger partial charge in [0.25, 0.3) is 5.91 Å². The second-order valence-electron chi connectivity index (χ2n) is 5.84. The van der Waals surface area contributed by atoms with Crippen LogP contribution in [0.15, 0.2) is 12.4 Å². The van der Waals surface area contributed by atoms with Gasteiger partial charge in [-0.25, -0.2) is 9.97 Å². The Kier molecular flexibility index (Phi) is 5.12. The predicted molar refractivity (Wildman–Crippen MR) is 83.4 cm³/mol. The largest absolute Gasteiger partial charge is 0.357 e. The van der Waals surface area contributed by atoms with Gasteiger partial charge in [-0.05, 0) is 26.4 Å². The molecule has 1 aliphatic rings. The molecule has 0 bridgehead atoms. The number of likely N-dealkylation sites (tertiary alicyclic amines) is 1. The molecule has 1 aromatic rings. The maximum absolute atomic E-state index is 12.6. The zero-order valence-electron chi connectivity index (χ0n) is 13.3. The number of hydrogen-bond acceptors (Lipinski definition) is 5. The van der Waals surface area contributed by atoms with Gasteiger partial charge in [-0.1, -0.05) is 13.3 Å². The minimum atomic E-state index is 0.0307. The molecular weight excluding hydrogens is 266 g/mol. The van der Waals surface area contributed by atoms with Gasteiger partial charge in [0.05, 0.1) is 5.56 Å². The van der Waals surface area contributed by atoms with Crippen molar-refractivity contribution < 1.29 is 4.79 Å². The molecule has 1 fully saturated rings. The van der Waals surface area contributed by atoms with Gasteiger partial charge in [-0.3, -0.25) is 4.79 Å². The van der Waals surface area contributed by atoms with Crippen LogP contribution in [0.4, 0.5) is 5.95 Å². The number of nitrogens with zero attached hydrogens (tertiary/aromatic N) is 4. The van der Waals surface area contributed by atoms with Crippen molar-refractivity contribution in [2.24, 2.45) is 5.92 Å². The van der Waals surface area contributed by atoms with Crippen LogP contribution in [0.25, 0.3) is 0 Å². The first-order chi connectivity index (χ1) is 10.1. The monoisotopic (exact) mass is 291 g/mol. The molecule has 0 saturated carbocycles. The Balaban J connectivity index is 2.08. The Morgan fingerprint density at radius 1 is 1.38 bits per heavy atom. The van der Waals surface area contributed by atoms with Gasteiger partial charge in [-0.15, -0.1) is 0 Å². The number of anilines is 1. The molecule has 0 unspecified atom stereocenters. The van der Waals surface area contributed by atoms with E-state index < -0.39 is 0 Å². The Morgan fingerprint density at radius 3 is 2.57 bits per heavy atom. The molecule has 0 aromatic carbocycles. The topological polar surface area (TPSA) is 61.4 Å². The predicted octanol–water partition coefficient (Wildman–Crippen LogP) is 1.32. The third-order valence-corrected chi connectivity index (χ3v) is 4.14. The molecule has 1 N–H and O–H groups in total. The number of carbonyl (C=O) groups is 1. The van der Waals surface area contributed by atoms with Crippen LogP contribution in [0.5, 0.6) is 0 Å². The highest BCUT2D eigenvalue weighted by molar-refractivity contribution is 5.94. The van der Waals surface area contributed by atoms with Gasteiger partial charge in [-0.2, -0.15) is 0 Å². The van der Waals surface area contributed by atoms with E-state index in [0.29, 0.717) is 23.5 Å². The average molecular weight is 291 g/mol. The van der Waals surface area contributed by atoms with Gasteiger partial charge >= 0.3 is 0 Å². The summed E-state index contributed by atoms with van der Waals surface area (Å²) in [4.78, 5) is 25.0. The number of nitrogens with one attached hydrogen (secondary N) is 1. The van der Waals surface area contributed by atoms with E-state index in [4.69, 9.17) is 0 Å². The van der Waals surface area contributed by atoms with Crippen molar-refractivity contribution in [3.63, 3.8) is 0 Å². The first kappa shape index (κ1) is 15.7. The van der Waals surface area contributed by atoms with E-state index >= 15 is 0 Å². The van der Waals surface area contributed by atoms with Crippen molar-refractivity contribution in [2.75, 3.05) is 39.5 Å². The lowest BCUT2D eigenvalue weighted by atomic mass is 9.98. The SMILES string of the molecule is CCC[C@H]1CN(C(=O)c2cnc(NC)nc2)C[C@@H]1N(C)C. The van der Waals surface area contributed by atoms with Crippen LogP contribution in [0.3, 0.4) is 0 Å². The van der Waals surface area contributed by atoms with E-state index in [9.17, 15) is 4.79 Å². The van der Waals surface area contributed by atoms with Crippen molar-refractivity contribution in [3.05, 3.63) is 18.0 Å². The summed E-state index contributed by atoms with van der Waals surface area (Å²) in [6, 6.07) is 0.436. The van der Waals surface area contributed by atoms with Gasteiger partial charge in [0.15, 0.2) is 0 Å². The summed E-state index contributed by atoms with van der Waals surface area (Å²) < 4.78 is 0. The Bertz CT molecular complexity index is 473. The molecule has 6 heteroatoms. The van der Waals surface area contributed by atoms with Crippen molar-refractivity contribution >= 4 is 11.9 Å². The molecule has 2 rings (SSSR count). The van der Waals surface area contributed by atoms with Crippen LogP contribution in [0.1, 0.15) is 30.1 Å². The first-order valence-corrected chi connectivity index (χ1v) is 7.52. The molecular formula is C15H25N5O. The fourth-order valence-corrected chi connectivity index (χ4v) is 3.01. The highest BCUT2D eigenvalue weighted by Crippen LogP contribution is 2.25. The third-order valence-electron chi connectivity index (χ3n) is 4.14.